The summed E-state index contributed by atoms with van der Waals surface area (Å²) in [7, 11) is 0. The average Bonchev–Trinajstić information content (AvgIpc) is 2.86. The zero-order valence-electron chi connectivity index (χ0n) is 10.2. The number of hydrogen-bond acceptors (Lipinski definition) is 3. The number of rotatable bonds is 2. The smallest absolute Gasteiger partial charge is 0.183 e. The number of carbonyl (C=O) groups is 1. The van der Waals surface area contributed by atoms with E-state index in [9.17, 15) is 4.79 Å². The van der Waals surface area contributed by atoms with Gasteiger partial charge in [-0.1, -0.05) is 22.4 Å². The number of hydrogen-bond donors (Lipinski definition) is 1. The van der Waals surface area contributed by atoms with E-state index in [1.54, 1.807) is 0 Å². The second-order valence-corrected chi connectivity index (χ2v) is 5.82. The van der Waals surface area contributed by atoms with E-state index in [1.165, 1.54) is 0 Å². The maximum Gasteiger partial charge on any atom is 0.183 e. The van der Waals surface area contributed by atoms with E-state index in [4.69, 9.17) is 4.74 Å². The molecule has 1 saturated heterocycles. The van der Waals surface area contributed by atoms with Crippen LogP contribution in [0.5, 0.6) is 5.75 Å². The molecule has 0 amide bonds. The van der Waals surface area contributed by atoms with Crippen LogP contribution in [-0.4, -0.2) is 25.0 Å². The van der Waals surface area contributed by atoms with Gasteiger partial charge in [-0.25, -0.2) is 0 Å². The third kappa shape index (κ3) is 2.19. The van der Waals surface area contributed by atoms with Crippen LogP contribution < -0.4 is 10.1 Å². The summed E-state index contributed by atoms with van der Waals surface area (Å²) in [5, 5.41) is 3.31. The van der Waals surface area contributed by atoms with Gasteiger partial charge in [0.1, 0.15) is 5.75 Å². The maximum absolute atomic E-state index is 12.5. The maximum atomic E-state index is 12.5. The number of halogens is 1. The Bertz CT molecular complexity index is 481. The van der Waals surface area contributed by atoms with E-state index in [2.05, 4.69) is 21.2 Å². The summed E-state index contributed by atoms with van der Waals surface area (Å²) in [5.41, 5.74) is 1.87. The van der Waals surface area contributed by atoms with Crippen LogP contribution in [0.25, 0.3) is 0 Å². The van der Waals surface area contributed by atoms with Crippen molar-refractivity contribution in [2.24, 2.45) is 0 Å². The van der Waals surface area contributed by atoms with Crippen LogP contribution in [0.1, 0.15) is 35.2 Å². The van der Waals surface area contributed by atoms with Crippen molar-refractivity contribution in [3.05, 3.63) is 27.7 Å². The van der Waals surface area contributed by atoms with E-state index in [0.717, 1.165) is 53.6 Å². The lowest BCUT2D eigenvalue weighted by atomic mass is 9.94. The first kappa shape index (κ1) is 12.2. The Morgan fingerprint density at radius 3 is 3.06 bits per heavy atom. The van der Waals surface area contributed by atoms with Crippen molar-refractivity contribution in [1.82, 2.24) is 5.32 Å². The topological polar surface area (TPSA) is 38.3 Å². The average molecular weight is 310 g/mol. The summed E-state index contributed by atoms with van der Waals surface area (Å²) < 4.78 is 6.59. The highest BCUT2D eigenvalue weighted by Gasteiger charge is 2.27. The fourth-order valence-corrected chi connectivity index (χ4v) is 3.22. The molecule has 1 atom stereocenters. The molecule has 0 aromatic heterocycles. The molecule has 0 spiro atoms. The molecule has 1 fully saturated rings. The summed E-state index contributed by atoms with van der Waals surface area (Å²) in [6.07, 6.45) is 4.12. The number of Topliss-reactive ketones (excluding diaryl/α,β-unsaturated/α-hetero) is 1. The minimum absolute atomic E-state index is 0.0404. The van der Waals surface area contributed by atoms with Crippen LogP contribution in [0.15, 0.2) is 16.6 Å². The van der Waals surface area contributed by atoms with Gasteiger partial charge in [-0.3, -0.25) is 4.79 Å². The van der Waals surface area contributed by atoms with Crippen LogP contribution in [0.2, 0.25) is 0 Å². The van der Waals surface area contributed by atoms with Crippen molar-refractivity contribution in [3.63, 3.8) is 0 Å². The van der Waals surface area contributed by atoms with Gasteiger partial charge in [0.25, 0.3) is 0 Å². The first-order chi connectivity index (χ1) is 8.75. The fourth-order valence-electron chi connectivity index (χ4n) is 2.72. The molecule has 0 bridgehead atoms. The predicted octanol–water partition coefficient (Wildman–Crippen LogP) is 2.71. The van der Waals surface area contributed by atoms with Crippen LogP contribution >= 0.6 is 15.9 Å². The third-order valence-electron chi connectivity index (χ3n) is 3.64. The lowest BCUT2D eigenvalue weighted by Crippen LogP contribution is -2.40. The number of benzene rings is 1. The molecule has 0 saturated carbocycles. The summed E-state index contributed by atoms with van der Waals surface area (Å²) in [6.45, 7) is 1.62. The van der Waals surface area contributed by atoms with Gasteiger partial charge in [0.2, 0.25) is 0 Å². The van der Waals surface area contributed by atoms with Gasteiger partial charge < -0.3 is 10.1 Å². The standard InChI is InChI=1S/C14H16BrNO2/c15-10-7-9-4-6-18-14(9)11(8-10)13(17)12-3-1-2-5-16-12/h7-8,12,16H,1-6H2. The number of ether oxygens (including phenoxy) is 1. The lowest BCUT2D eigenvalue weighted by molar-refractivity contribution is 0.0924. The highest BCUT2D eigenvalue weighted by molar-refractivity contribution is 9.10. The molecule has 3 rings (SSSR count). The Balaban J connectivity index is 1.93. The highest BCUT2D eigenvalue weighted by Crippen LogP contribution is 2.34. The largest absolute Gasteiger partial charge is 0.492 e. The molecule has 2 heterocycles. The summed E-state index contributed by atoms with van der Waals surface area (Å²) in [4.78, 5) is 12.5. The Morgan fingerprint density at radius 1 is 1.39 bits per heavy atom. The first-order valence-electron chi connectivity index (χ1n) is 6.48. The van der Waals surface area contributed by atoms with Gasteiger partial charge in [0.05, 0.1) is 18.2 Å². The van der Waals surface area contributed by atoms with E-state index >= 15 is 0 Å². The SMILES string of the molecule is O=C(c1cc(Br)cc2c1OCC2)C1CCCCN1. The first-order valence-corrected chi connectivity index (χ1v) is 7.28. The highest BCUT2D eigenvalue weighted by atomic mass is 79.9. The molecule has 1 unspecified atom stereocenters. The van der Waals surface area contributed by atoms with Crippen molar-refractivity contribution < 1.29 is 9.53 Å². The molecule has 1 aromatic carbocycles. The van der Waals surface area contributed by atoms with Crippen LogP contribution in [-0.2, 0) is 6.42 Å². The molecule has 96 valence electrons. The van der Waals surface area contributed by atoms with Crippen LogP contribution in [0.4, 0.5) is 0 Å². The molecule has 0 aliphatic carbocycles. The number of fused-ring (bicyclic) bond motifs is 1. The predicted molar refractivity (Wildman–Crippen MR) is 73.3 cm³/mol. The van der Waals surface area contributed by atoms with Gasteiger partial charge in [-0.15, -0.1) is 0 Å². The lowest BCUT2D eigenvalue weighted by Gasteiger charge is -2.23. The van der Waals surface area contributed by atoms with Crippen LogP contribution in [0, 0.1) is 0 Å². The molecule has 2 aliphatic rings. The fraction of sp³-hybridized carbons (Fsp3) is 0.500. The molecule has 0 radical (unpaired) electrons. The quantitative estimate of drug-likeness (QED) is 0.854. The summed E-state index contributed by atoms with van der Waals surface area (Å²) in [6, 6.07) is 3.90. The Hall–Kier alpha value is -0.870. The Kier molecular flexibility index (Phi) is 3.39. The number of carbonyl (C=O) groups excluding carboxylic acids is 1. The molecule has 4 heteroatoms. The van der Waals surface area contributed by atoms with Crippen LogP contribution in [0.3, 0.4) is 0 Å². The molecular formula is C14H16BrNO2. The number of ketones is 1. The summed E-state index contributed by atoms with van der Waals surface area (Å²) in [5.74, 6) is 0.977. The number of piperidine rings is 1. The van der Waals surface area contributed by atoms with E-state index < -0.39 is 0 Å². The van der Waals surface area contributed by atoms with Crippen molar-refractivity contribution in [2.75, 3.05) is 13.2 Å². The van der Waals surface area contributed by atoms with E-state index in [0.29, 0.717) is 6.61 Å². The second-order valence-electron chi connectivity index (χ2n) is 4.91. The monoisotopic (exact) mass is 309 g/mol. The van der Waals surface area contributed by atoms with Crippen molar-refractivity contribution in [3.8, 4) is 5.75 Å². The molecule has 2 aliphatic heterocycles. The van der Waals surface area contributed by atoms with Crippen molar-refractivity contribution >= 4 is 21.7 Å². The van der Waals surface area contributed by atoms with E-state index in [-0.39, 0.29) is 11.8 Å². The van der Waals surface area contributed by atoms with E-state index in [1.807, 2.05) is 12.1 Å². The Labute approximate surface area is 115 Å². The molecular weight excluding hydrogens is 294 g/mol. The van der Waals surface area contributed by atoms with Gasteiger partial charge in [-0.05, 0) is 37.1 Å². The molecule has 18 heavy (non-hydrogen) atoms. The van der Waals surface area contributed by atoms with Gasteiger partial charge >= 0.3 is 0 Å². The zero-order chi connectivity index (χ0) is 12.5. The molecule has 1 aromatic rings. The minimum Gasteiger partial charge on any atom is -0.492 e. The minimum atomic E-state index is -0.0404. The Morgan fingerprint density at radius 2 is 2.28 bits per heavy atom. The second kappa shape index (κ2) is 5.02. The summed E-state index contributed by atoms with van der Waals surface area (Å²) >= 11 is 3.48. The molecule has 1 N–H and O–H groups in total. The van der Waals surface area contributed by atoms with Gasteiger partial charge in [-0.2, -0.15) is 0 Å². The zero-order valence-corrected chi connectivity index (χ0v) is 11.8. The van der Waals surface area contributed by atoms with Crippen molar-refractivity contribution in [1.29, 1.82) is 0 Å². The van der Waals surface area contributed by atoms with Gasteiger partial charge in [0, 0.05) is 10.9 Å². The number of nitrogens with one attached hydrogen (secondary N) is 1. The van der Waals surface area contributed by atoms with Crippen molar-refractivity contribution in [2.45, 2.75) is 31.7 Å². The molecule has 3 nitrogen and oxygen atoms in total. The van der Waals surface area contributed by atoms with Gasteiger partial charge in [0.15, 0.2) is 5.78 Å². The third-order valence-corrected chi connectivity index (χ3v) is 4.10. The normalized spacial score (nSPS) is 22.4.